The van der Waals surface area contributed by atoms with Crippen LogP contribution in [0.5, 0.6) is 0 Å². The van der Waals surface area contributed by atoms with E-state index in [2.05, 4.69) is 10.6 Å². The van der Waals surface area contributed by atoms with Gasteiger partial charge in [-0.3, -0.25) is 9.59 Å². The number of fused-ring (bicyclic) bond motifs is 2. The number of rotatable bonds is 6. The van der Waals surface area contributed by atoms with Crippen LogP contribution >= 0.6 is 0 Å². The molecule has 26 heavy (non-hydrogen) atoms. The first kappa shape index (κ1) is 24.8. The third-order valence-electron chi connectivity index (χ3n) is 3.89. The number of anilines is 1. The van der Waals surface area contributed by atoms with E-state index in [1.807, 2.05) is 6.07 Å². The molecule has 0 amide bonds. The molecular weight excluding hydrogens is 556 g/mol. The fourth-order valence-electron chi connectivity index (χ4n) is 2.80. The summed E-state index contributed by atoms with van der Waals surface area (Å²) in [5.41, 5.74) is 8.01. The van der Waals surface area contributed by atoms with Gasteiger partial charge >= 0.3 is 21.1 Å². The van der Waals surface area contributed by atoms with Gasteiger partial charge < -0.3 is 41.2 Å². The van der Waals surface area contributed by atoms with E-state index in [0.717, 1.165) is 13.1 Å². The Hall–Kier alpha value is -1.23. The number of benzene rings is 2. The van der Waals surface area contributed by atoms with Crippen molar-refractivity contribution in [3.05, 3.63) is 64.7 Å². The van der Waals surface area contributed by atoms with Gasteiger partial charge in [0.25, 0.3) is 0 Å². The van der Waals surface area contributed by atoms with Gasteiger partial charge in [-0.05, 0) is 6.07 Å². The van der Waals surface area contributed by atoms with Gasteiger partial charge in [-0.2, -0.15) is 0 Å². The van der Waals surface area contributed by atoms with E-state index in [1.165, 1.54) is 0 Å². The first-order valence-corrected chi connectivity index (χ1v) is 7.70. The monoisotopic (exact) mass is 574 g/mol. The van der Waals surface area contributed by atoms with Crippen molar-refractivity contribution in [1.82, 2.24) is 5.32 Å². The predicted molar refractivity (Wildman–Crippen MR) is 90.2 cm³/mol. The molecule has 0 radical (unpaired) electrons. The Morgan fingerprint density at radius 1 is 0.769 bits per heavy atom. The molecule has 0 saturated carbocycles. The number of nitrogens with one attached hydrogen (secondary N) is 2. The van der Waals surface area contributed by atoms with Crippen molar-refractivity contribution < 1.29 is 55.5 Å². The Kier molecular flexibility index (Phi) is 10.9. The molecular formula is C18H19Cl2N3O2Pt. The number of hydrogen-bond acceptors (Lipinski definition) is 5. The average molecular weight is 575 g/mol. The SMILES string of the molecule is NCCNCCNc1cccc2c1C(=O)c1ccccc1C2=O.[Cl-].[Cl-].[Pt+2]. The number of hydrogen-bond donors (Lipinski definition) is 3. The fraction of sp³-hybridized carbons (Fsp3) is 0.222. The van der Waals surface area contributed by atoms with Crippen LogP contribution in [0.25, 0.3) is 0 Å². The van der Waals surface area contributed by atoms with Gasteiger partial charge in [0.15, 0.2) is 11.6 Å². The smallest absolute Gasteiger partial charge is 1.00 e. The van der Waals surface area contributed by atoms with Gasteiger partial charge in [-0.15, -0.1) is 0 Å². The summed E-state index contributed by atoms with van der Waals surface area (Å²) in [5.74, 6) is -0.201. The minimum Gasteiger partial charge on any atom is -1.00 e. The Bertz CT molecular complexity index is 772. The van der Waals surface area contributed by atoms with Gasteiger partial charge in [-0.25, -0.2) is 0 Å². The zero-order valence-electron chi connectivity index (χ0n) is 13.8. The van der Waals surface area contributed by atoms with Crippen LogP contribution in [0.15, 0.2) is 42.5 Å². The van der Waals surface area contributed by atoms with Gasteiger partial charge in [-0.1, -0.05) is 36.4 Å². The minimum absolute atomic E-state index is 0. The second kappa shape index (κ2) is 11.5. The zero-order chi connectivity index (χ0) is 16.2. The summed E-state index contributed by atoms with van der Waals surface area (Å²) >= 11 is 0. The van der Waals surface area contributed by atoms with Crippen molar-refractivity contribution in [3.63, 3.8) is 0 Å². The van der Waals surface area contributed by atoms with Crippen molar-refractivity contribution >= 4 is 17.3 Å². The summed E-state index contributed by atoms with van der Waals surface area (Å²) in [6.45, 7) is 2.73. The summed E-state index contributed by atoms with van der Waals surface area (Å²) < 4.78 is 0. The van der Waals surface area contributed by atoms with E-state index in [1.54, 1.807) is 36.4 Å². The van der Waals surface area contributed by atoms with E-state index in [4.69, 9.17) is 5.73 Å². The van der Waals surface area contributed by atoms with Crippen molar-refractivity contribution in [2.24, 2.45) is 5.73 Å². The van der Waals surface area contributed by atoms with Crippen molar-refractivity contribution in [2.75, 3.05) is 31.5 Å². The molecule has 0 unspecified atom stereocenters. The van der Waals surface area contributed by atoms with Crippen LogP contribution in [0, 0.1) is 0 Å². The second-order valence-electron chi connectivity index (χ2n) is 5.40. The summed E-state index contributed by atoms with van der Waals surface area (Å²) in [5, 5.41) is 6.42. The van der Waals surface area contributed by atoms with E-state index in [9.17, 15) is 9.59 Å². The maximum atomic E-state index is 12.8. The molecule has 0 aliphatic heterocycles. The van der Waals surface area contributed by atoms with Crippen LogP contribution in [0.3, 0.4) is 0 Å². The third-order valence-corrected chi connectivity index (χ3v) is 3.89. The molecule has 0 saturated heterocycles. The van der Waals surface area contributed by atoms with E-state index in [0.29, 0.717) is 41.0 Å². The first-order chi connectivity index (χ1) is 11.2. The van der Waals surface area contributed by atoms with Crippen molar-refractivity contribution in [3.8, 4) is 0 Å². The molecule has 0 heterocycles. The van der Waals surface area contributed by atoms with E-state index < -0.39 is 0 Å². The van der Waals surface area contributed by atoms with Gasteiger partial charge in [0.1, 0.15) is 0 Å². The predicted octanol–water partition coefficient (Wildman–Crippen LogP) is -4.57. The number of carbonyl (C=O) groups excluding carboxylic acids is 2. The molecule has 4 N–H and O–H groups in total. The molecule has 3 rings (SSSR count). The third kappa shape index (κ3) is 4.93. The molecule has 1 aliphatic rings. The summed E-state index contributed by atoms with van der Waals surface area (Å²) in [7, 11) is 0. The number of carbonyl (C=O) groups is 2. The molecule has 0 bridgehead atoms. The molecule has 0 fully saturated rings. The Morgan fingerprint density at radius 2 is 1.38 bits per heavy atom. The topological polar surface area (TPSA) is 84.2 Å². The van der Waals surface area contributed by atoms with Crippen molar-refractivity contribution in [1.29, 1.82) is 0 Å². The Labute approximate surface area is 179 Å². The Balaban J connectivity index is 0.00000208. The minimum atomic E-state index is -0.104. The molecule has 0 spiro atoms. The quantitative estimate of drug-likeness (QED) is 0.258. The summed E-state index contributed by atoms with van der Waals surface area (Å²) in [4.78, 5) is 25.4. The normalized spacial score (nSPS) is 11.3. The standard InChI is InChI=1S/C18H19N3O2.2ClH.Pt/c19-8-9-20-10-11-21-15-7-3-6-14-16(15)18(23)13-5-2-1-4-12(13)17(14)22;;;/h1-7,20-21H,8-11,19H2;2*1H;/q;;;+2/p-2. The van der Waals surface area contributed by atoms with Crippen LogP contribution in [0.4, 0.5) is 5.69 Å². The number of ketones is 2. The molecule has 1 aliphatic carbocycles. The van der Waals surface area contributed by atoms with E-state index in [-0.39, 0.29) is 57.4 Å². The van der Waals surface area contributed by atoms with Gasteiger partial charge in [0, 0.05) is 48.6 Å². The second-order valence-corrected chi connectivity index (χ2v) is 5.40. The Morgan fingerprint density at radius 3 is 2.04 bits per heavy atom. The maximum absolute atomic E-state index is 12.8. The summed E-state index contributed by atoms with van der Waals surface area (Å²) in [6, 6.07) is 12.3. The maximum Gasteiger partial charge on any atom is 2.00 e. The zero-order valence-corrected chi connectivity index (χ0v) is 17.6. The summed E-state index contributed by atoms with van der Waals surface area (Å²) in [6.07, 6.45) is 0. The molecule has 5 nitrogen and oxygen atoms in total. The van der Waals surface area contributed by atoms with Crippen molar-refractivity contribution in [2.45, 2.75) is 0 Å². The molecule has 8 heteroatoms. The van der Waals surface area contributed by atoms with Gasteiger partial charge in [0.2, 0.25) is 0 Å². The molecule has 0 atom stereocenters. The average Bonchev–Trinajstić information content (AvgIpc) is 2.59. The van der Waals surface area contributed by atoms with Crippen LogP contribution in [-0.2, 0) is 21.1 Å². The van der Waals surface area contributed by atoms with Gasteiger partial charge in [0.05, 0.1) is 5.56 Å². The van der Waals surface area contributed by atoms with Crippen LogP contribution in [0.2, 0.25) is 0 Å². The number of nitrogens with two attached hydrogens (primary N) is 1. The molecule has 0 aromatic heterocycles. The largest absolute Gasteiger partial charge is 2.00 e. The first-order valence-electron chi connectivity index (χ1n) is 7.70. The van der Waals surface area contributed by atoms with E-state index >= 15 is 0 Å². The van der Waals surface area contributed by atoms with Crippen LogP contribution in [-0.4, -0.2) is 37.7 Å². The number of halogens is 2. The van der Waals surface area contributed by atoms with Crippen LogP contribution in [0.1, 0.15) is 31.8 Å². The molecule has 2 aromatic carbocycles. The van der Waals surface area contributed by atoms with Crippen LogP contribution < -0.4 is 41.2 Å². The molecule has 2 aromatic rings. The fourth-order valence-corrected chi connectivity index (χ4v) is 2.80. The molecule has 142 valence electrons.